The SMILES string of the molecule is CN(CC(=O)NCCSCc1ccc(Cl)cc1Cl)S(=O)(=O)c1ccc(Cl)cc1. The quantitative estimate of drug-likeness (QED) is 0.542. The van der Waals surface area contributed by atoms with Crippen LogP contribution in [0.2, 0.25) is 15.1 Å². The van der Waals surface area contributed by atoms with E-state index < -0.39 is 10.0 Å². The molecule has 28 heavy (non-hydrogen) atoms. The molecular formula is C18H19Cl3N2O3S2. The normalized spacial score (nSPS) is 11.6. The Morgan fingerprint density at radius 2 is 1.71 bits per heavy atom. The van der Waals surface area contributed by atoms with Gasteiger partial charge in [-0.2, -0.15) is 16.1 Å². The molecule has 0 bridgehead atoms. The Labute approximate surface area is 184 Å². The summed E-state index contributed by atoms with van der Waals surface area (Å²) >= 11 is 19.4. The molecule has 5 nitrogen and oxygen atoms in total. The number of carbonyl (C=O) groups is 1. The van der Waals surface area contributed by atoms with Gasteiger partial charge in [0.05, 0.1) is 11.4 Å². The summed E-state index contributed by atoms with van der Waals surface area (Å²) in [4.78, 5) is 12.1. The molecule has 0 aliphatic carbocycles. The van der Waals surface area contributed by atoms with E-state index in [1.165, 1.54) is 31.3 Å². The van der Waals surface area contributed by atoms with E-state index >= 15 is 0 Å². The van der Waals surface area contributed by atoms with Gasteiger partial charge in [-0.3, -0.25) is 4.79 Å². The summed E-state index contributed by atoms with van der Waals surface area (Å²) in [5.74, 6) is 0.986. The van der Waals surface area contributed by atoms with Crippen LogP contribution in [-0.4, -0.2) is 44.5 Å². The van der Waals surface area contributed by atoms with Crippen LogP contribution in [0.15, 0.2) is 47.4 Å². The molecule has 0 unspecified atom stereocenters. The van der Waals surface area contributed by atoms with E-state index in [0.29, 0.717) is 33.1 Å². The minimum atomic E-state index is -3.75. The number of thioether (sulfide) groups is 1. The van der Waals surface area contributed by atoms with E-state index in [4.69, 9.17) is 34.8 Å². The molecule has 0 heterocycles. The van der Waals surface area contributed by atoms with Crippen molar-refractivity contribution < 1.29 is 13.2 Å². The molecule has 10 heteroatoms. The first-order valence-electron chi connectivity index (χ1n) is 8.20. The predicted molar refractivity (Wildman–Crippen MR) is 117 cm³/mol. The first-order valence-corrected chi connectivity index (χ1v) is 11.9. The number of nitrogens with zero attached hydrogens (tertiary/aromatic N) is 1. The third kappa shape index (κ3) is 6.83. The average Bonchev–Trinajstić information content (AvgIpc) is 2.63. The minimum Gasteiger partial charge on any atom is -0.354 e. The summed E-state index contributed by atoms with van der Waals surface area (Å²) in [7, 11) is -2.39. The zero-order valence-electron chi connectivity index (χ0n) is 15.0. The summed E-state index contributed by atoms with van der Waals surface area (Å²) < 4.78 is 25.9. The van der Waals surface area contributed by atoms with Crippen molar-refractivity contribution in [2.24, 2.45) is 0 Å². The van der Waals surface area contributed by atoms with Crippen LogP contribution >= 0.6 is 46.6 Å². The van der Waals surface area contributed by atoms with Crippen LogP contribution in [0.25, 0.3) is 0 Å². The van der Waals surface area contributed by atoms with Gasteiger partial charge in [-0.25, -0.2) is 8.42 Å². The van der Waals surface area contributed by atoms with Crippen LogP contribution in [0, 0.1) is 0 Å². The lowest BCUT2D eigenvalue weighted by Crippen LogP contribution is -2.39. The monoisotopic (exact) mass is 480 g/mol. The van der Waals surface area contributed by atoms with Gasteiger partial charge in [-0.05, 0) is 42.0 Å². The number of likely N-dealkylation sites (N-methyl/N-ethyl adjacent to an activating group) is 1. The van der Waals surface area contributed by atoms with Gasteiger partial charge in [0, 0.05) is 40.2 Å². The lowest BCUT2D eigenvalue weighted by molar-refractivity contribution is -0.121. The summed E-state index contributed by atoms with van der Waals surface area (Å²) in [5, 5.41) is 4.35. The Hall–Kier alpha value is -0.960. The van der Waals surface area contributed by atoms with Crippen molar-refractivity contribution in [3.8, 4) is 0 Å². The van der Waals surface area contributed by atoms with E-state index in [1.807, 2.05) is 6.07 Å². The Bertz CT molecular complexity index is 922. The molecule has 1 N–H and O–H groups in total. The number of hydrogen-bond acceptors (Lipinski definition) is 4. The van der Waals surface area contributed by atoms with Gasteiger partial charge in [0.1, 0.15) is 0 Å². The zero-order chi connectivity index (χ0) is 20.7. The van der Waals surface area contributed by atoms with Crippen LogP contribution in [0.1, 0.15) is 5.56 Å². The fourth-order valence-electron chi connectivity index (χ4n) is 2.21. The molecule has 0 aliphatic heterocycles. The van der Waals surface area contributed by atoms with Gasteiger partial charge < -0.3 is 5.32 Å². The molecule has 0 aromatic heterocycles. The van der Waals surface area contributed by atoms with Crippen molar-refractivity contribution in [2.75, 3.05) is 25.9 Å². The summed E-state index contributed by atoms with van der Waals surface area (Å²) in [6.07, 6.45) is 0. The standard InChI is InChI=1S/C18H19Cl3N2O3S2/c1-23(28(25,26)16-6-4-14(19)5-7-16)11-18(24)22-8-9-27-12-13-2-3-15(20)10-17(13)21/h2-7,10H,8-9,11-12H2,1H3,(H,22,24). The van der Waals surface area contributed by atoms with Crippen LogP contribution in [0.5, 0.6) is 0 Å². The molecule has 0 saturated heterocycles. The molecule has 0 aliphatic rings. The van der Waals surface area contributed by atoms with Gasteiger partial charge >= 0.3 is 0 Å². The largest absolute Gasteiger partial charge is 0.354 e. The molecule has 2 aromatic rings. The lowest BCUT2D eigenvalue weighted by atomic mass is 10.2. The maximum absolute atomic E-state index is 12.4. The molecule has 1 amide bonds. The number of nitrogens with one attached hydrogen (secondary N) is 1. The van der Waals surface area contributed by atoms with Gasteiger partial charge in [0.25, 0.3) is 0 Å². The number of amides is 1. The zero-order valence-corrected chi connectivity index (χ0v) is 18.9. The van der Waals surface area contributed by atoms with Crippen LogP contribution in [0.4, 0.5) is 0 Å². The Balaban J connectivity index is 1.75. The van der Waals surface area contributed by atoms with Crippen molar-refractivity contribution in [1.82, 2.24) is 9.62 Å². The molecule has 2 rings (SSSR count). The first kappa shape index (κ1) is 23.3. The van der Waals surface area contributed by atoms with E-state index in [1.54, 1.807) is 23.9 Å². The molecule has 0 atom stereocenters. The van der Waals surface area contributed by atoms with E-state index in [2.05, 4.69) is 5.32 Å². The first-order chi connectivity index (χ1) is 13.2. The summed E-state index contributed by atoms with van der Waals surface area (Å²) in [5.41, 5.74) is 0.969. The molecular weight excluding hydrogens is 463 g/mol. The predicted octanol–water partition coefficient (Wildman–Crippen LogP) is 4.32. The number of benzene rings is 2. The van der Waals surface area contributed by atoms with E-state index in [0.717, 1.165) is 9.87 Å². The second-order valence-corrected chi connectivity index (χ2v) is 10.3. The summed E-state index contributed by atoms with van der Waals surface area (Å²) in [6.45, 7) is 0.155. The highest BCUT2D eigenvalue weighted by Gasteiger charge is 2.22. The van der Waals surface area contributed by atoms with Crippen molar-refractivity contribution in [2.45, 2.75) is 10.6 Å². The third-order valence-corrected chi connectivity index (χ3v) is 7.39. The van der Waals surface area contributed by atoms with Crippen LogP contribution in [0.3, 0.4) is 0 Å². The van der Waals surface area contributed by atoms with Crippen molar-refractivity contribution in [3.63, 3.8) is 0 Å². The van der Waals surface area contributed by atoms with Gasteiger partial charge in [0.2, 0.25) is 15.9 Å². The number of sulfonamides is 1. The second-order valence-electron chi connectivity index (χ2n) is 5.85. The molecule has 152 valence electrons. The molecule has 0 saturated carbocycles. The van der Waals surface area contributed by atoms with Crippen LogP contribution in [-0.2, 0) is 20.6 Å². The topological polar surface area (TPSA) is 66.5 Å². The minimum absolute atomic E-state index is 0.0857. The van der Waals surface area contributed by atoms with Crippen LogP contribution < -0.4 is 5.32 Å². The van der Waals surface area contributed by atoms with E-state index in [-0.39, 0.29) is 17.3 Å². The smallest absolute Gasteiger partial charge is 0.243 e. The highest BCUT2D eigenvalue weighted by Crippen LogP contribution is 2.24. The highest BCUT2D eigenvalue weighted by atomic mass is 35.5. The number of carbonyl (C=O) groups excluding carboxylic acids is 1. The maximum Gasteiger partial charge on any atom is 0.243 e. The van der Waals surface area contributed by atoms with E-state index in [9.17, 15) is 13.2 Å². The van der Waals surface area contributed by atoms with Crippen molar-refractivity contribution in [3.05, 3.63) is 63.1 Å². The highest BCUT2D eigenvalue weighted by molar-refractivity contribution is 7.98. The number of rotatable bonds is 9. The van der Waals surface area contributed by atoms with Gasteiger partial charge in [0.15, 0.2) is 0 Å². The van der Waals surface area contributed by atoms with Crippen molar-refractivity contribution >= 4 is 62.5 Å². The third-order valence-electron chi connectivity index (χ3n) is 3.73. The number of halogens is 3. The Morgan fingerprint density at radius 1 is 1.07 bits per heavy atom. The summed E-state index contributed by atoms with van der Waals surface area (Å²) in [6, 6.07) is 11.1. The molecule has 0 radical (unpaired) electrons. The fourth-order valence-corrected chi connectivity index (χ4v) is 4.88. The fraction of sp³-hybridized carbons (Fsp3) is 0.278. The molecule has 0 fully saturated rings. The van der Waals surface area contributed by atoms with Gasteiger partial charge in [-0.1, -0.05) is 40.9 Å². The molecule has 2 aromatic carbocycles. The van der Waals surface area contributed by atoms with Crippen molar-refractivity contribution in [1.29, 1.82) is 0 Å². The maximum atomic E-state index is 12.4. The Morgan fingerprint density at radius 3 is 2.36 bits per heavy atom. The van der Waals surface area contributed by atoms with Gasteiger partial charge in [-0.15, -0.1) is 0 Å². The molecule has 0 spiro atoms. The lowest BCUT2D eigenvalue weighted by Gasteiger charge is -2.17. The Kier molecular flexibility index (Phi) is 8.92. The number of hydrogen-bond donors (Lipinski definition) is 1. The second kappa shape index (κ2) is 10.7. The average molecular weight is 482 g/mol.